The van der Waals surface area contributed by atoms with Crippen molar-refractivity contribution in [1.82, 2.24) is 0 Å². The summed E-state index contributed by atoms with van der Waals surface area (Å²) in [5.41, 5.74) is -4.90. The maximum Gasteiger partial charge on any atom is 0.309 e. The number of ketones is 1. The molecule has 0 radical (unpaired) electrons. The Morgan fingerprint density at radius 2 is 1.59 bits per heavy atom. The monoisotopic (exact) mass is 686 g/mol. The Kier molecular flexibility index (Phi) is 12.0. The molecule has 0 heterocycles. The van der Waals surface area contributed by atoms with Crippen molar-refractivity contribution in [3.8, 4) is 0 Å². The van der Waals surface area contributed by atoms with Gasteiger partial charge >= 0.3 is 17.9 Å². The third kappa shape index (κ3) is 6.80. The number of carbonyl (C=O) groups is 4. The Labute approximate surface area is 293 Å². The van der Waals surface area contributed by atoms with Crippen molar-refractivity contribution in [3.63, 3.8) is 0 Å². The van der Waals surface area contributed by atoms with Gasteiger partial charge in [0, 0.05) is 30.6 Å². The van der Waals surface area contributed by atoms with Gasteiger partial charge in [-0.1, -0.05) is 112 Å². The molecule has 0 saturated heterocycles. The Hall–Kier alpha value is -2.52. The van der Waals surface area contributed by atoms with Crippen LogP contribution >= 0.6 is 0 Å². The molecule has 1 spiro atoms. The lowest BCUT2D eigenvalue weighted by atomic mass is 9.59. The highest BCUT2D eigenvalue weighted by Gasteiger charge is 2.83. The van der Waals surface area contributed by atoms with Crippen LogP contribution < -0.4 is 0 Å². The third-order valence-corrected chi connectivity index (χ3v) is 12.7. The van der Waals surface area contributed by atoms with Crippen molar-refractivity contribution in [3.05, 3.63) is 23.3 Å². The summed E-state index contributed by atoms with van der Waals surface area (Å²) in [6.07, 6.45) is 11.1. The Bertz CT molecular complexity index is 1330. The van der Waals surface area contributed by atoms with Crippen molar-refractivity contribution >= 4 is 23.7 Å². The molecule has 276 valence electrons. The first-order valence-electron chi connectivity index (χ1n) is 18.8. The van der Waals surface area contributed by atoms with Crippen molar-refractivity contribution in [2.24, 2.45) is 40.4 Å². The number of Topliss-reactive ketones (excluding diaryl/α,β-unsaturated/α-hetero) is 1. The molecule has 0 aromatic heterocycles. The lowest BCUT2D eigenvalue weighted by Crippen LogP contribution is -2.66. The molecule has 0 aliphatic heterocycles. The van der Waals surface area contributed by atoms with Crippen LogP contribution in [0.3, 0.4) is 0 Å². The standard InChI is InChI=1S/C40H62O9/c1-10-11-12-13-14-15-16-17-18-19-31(42)49-39-22-26(5)38-21-25(4)35(48-36(45)27(6)24(2)3)40(38,46)33(43)29(23-47-28(7)41)20-30(34(38)44)32(39)37(39,8)9/h20-21,24,26-27,30,32-33,35,43,46H,10-19,22-23H2,1-9H3/t26-,27?,30+,32-,33-,35+,38+,39+,40+/m1/s1. The van der Waals surface area contributed by atoms with Gasteiger partial charge in [0.25, 0.3) is 0 Å². The number of esters is 3. The van der Waals surface area contributed by atoms with E-state index < -0.39 is 69.9 Å². The zero-order chi connectivity index (χ0) is 36.5. The van der Waals surface area contributed by atoms with E-state index in [0.717, 1.165) is 25.7 Å². The molecular weight excluding hydrogens is 624 g/mol. The summed E-state index contributed by atoms with van der Waals surface area (Å²) in [6, 6.07) is 0. The maximum atomic E-state index is 15.1. The predicted octanol–water partition coefficient (Wildman–Crippen LogP) is 6.82. The van der Waals surface area contributed by atoms with Crippen LogP contribution in [0.1, 0.15) is 133 Å². The molecule has 0 aromatic carbocycles. The number of ether oxygens (including phenoxy) is 3. The first-order valence-corrected chi connectivity index (χ1v) is 18.8. The molecule has 4 aliphatic carbocycles. The molecule has 2 saturated carbocycles. The van der Waals surface area contributed by atoms with Crippen LogP contribution in [-0.4, -0.2) is 63.9 Å². The van der Waals surface area contributed by atoms with Crippen molar-refractivity contribution in [2.75, 3.05) is 6.61 Å². The highest BCUT2D eigenvalue weighted by Crippen LogP contribution is 2.75. The number of fused-ring (bicyclic) bond motifs is 3. The Morgan fingerprint density at radius 1 is 1.00 bits per heavy atom. The fourth-order valence-electron chi connectivity index (χ4n) is 9.40. The van der Waals surface area contributed by atoms with Crippen molar-refractivity contribution in [1.29, 1.82) is 0 Å². The van der Waals surface area contributed by atoms with Crippen LogP contribution in [0.25, 0.3) is 0 Å². The number of carbonyl (C=O) groups excluding carboxylic acids is 4. The number of aliphatic hydroxyl groups is 2. The van der Waals surface area contributed by atoms with Gasteiger partial charge in [0.05, 0.1) is 11.3 Å². The van der Waals surface area contributed by atoms with Gasteiger partial charge in [-0.2, -0.15) is 0 Å². The summed E-state index contributed by atoms with van der Waals surface area (Å²) < 4.78 is 17.8. The molecule has 1 unspecified atom stereocenters. The van der Waals surface area contributed by atoms with E-state index in [1.54, 1.807) is 26.0 Å². The summed E-state index contributed by atoms with van der Waals surface area (Å²) >= 11 is 0. The minimum atomic E-state index is -2.29. The second-order valence-corrected chi connectivity index (χ2v) is 16.5. The summed E-state index contributed by atoms with van der Waals surface area (Å²) in [4.78, 5) is 53.8. The average Bonchev–Trinajstić information content (AvgIpc) is 3.43. The van der Waals surface area contributed by atoms with Crippen molar-refractivity contribution in [2.45, 2.75) is 156 Å². The van der Waals surface area contributed by atoms with Gasteiger partial charge in [-0.05, 0) is 42.7 Å². The van der Waals surface area contributed by atoms with E-state index in [1.807, 2.05) is 34.6 Å². The molecular formula is C40H62O9. The van der Waals surface area contributed by atoms with Gasteiger partial charge in [-0.3, -0.25) is 19.2 Å². The molecule has 4 aliphatic rings. The minimum absolute atomic E-state index is 0.0393. The van der Waals surface area contributed by atoms with Crippen LogP contribution in [0, 0.1) is 40.4 Å². The zero-order valence-electron chi connectivity index (χ0n) is 31.4. The first-order chi connectivity index (χ1) is 22.9. The molecule has 0 amide bonds. The summed E-state index contributed by atoms with van der Waals surface area (Å²) in [5.74, 6) is -4.18. The van der Waals surface area contributed by atoms with Crippen LogP contribution in [-0.2, 0) is 33.4 Å². The Morgan fingerprint density at radius 3 is 2.16 bits per heavy atom. The molecule has 9 heteroatoms. The fraction of sp³-hybridized carbons (Fsp3) is 0.800. The molecule has 0 aromatic rings. The van der Waals surface area contributed by atoms with E-state index in [0.29, 0.717) is 12.0 Å². The third-order valence-electron chi connectivity index (χ3n) is 12.7. The van der Waals surface area contributed by atoms with E-state index in [4.69, 9.17) is 14.2 Å². The van der Waals surface area contributed by atoms with E-state index in [9.17, 15) is 24.6 Å². The fourth-order valence-corrected chi connectivity index (χ4v) is 9.40. The number of unbranched alkanes of at least 4 members (excludes halogenated alkanes) is 8. The summed E-state index contributed by atoms with van der Waals surface area (Å²) in [7, 11) is 0. The summed E-state index contributed by atoms with van der Waals surface area (Å²) in [5, 5.41) is 25.0. The molecule has 49 heavy (non-hydrogen) atoms. The second kappa shape index (κ2) is 15.0. The highest BCUT2D eigenvalue weighted by atomic mass is 16.6. The minimum Gasteiger partial charge on any atom is -0.461 e. The average molecular weight is 687 g/mol. The molecule has 9 nitrogen and oxygen atoms in total. The van der Waals surface area contributed by atoms with E-state index in [-0.39, 0.29) is 36.3 Å². The normalized spacial score (nSPS) is 34.9. The molecule has 2 N–H and O–H groups in total. The van der Waals surface area contributed by atoms with Gasteiger partial charge in [-0.25, -0.2) is 0 Å². The predicted molar refractivity (Wildman–Crippen MR) is 186 cm³/mol. The van der Waals surface area contributed by atoms with Gasteiger partial charge in [0.2, 0.25) is 0 Å². The lowest BCUT2D eigenvalue weighted by molar-refractivity contribution is -0.207. The van der Waals surface area contributed by atoms with E-state index in [2.05, 4.69) is 6.92 Å². The number of allylic oxidation sites excluding steroid dienone is 1. The smallest absolute Gasteiger partial charge is 0.309 e. The number of rotatable bonds is 16. The van der Waals surface area contributed by atoms with Gasteiger partial charge < -0.3 is 24.4 Å². The quantitative estimate of drug-likeness (QED) is 0.0776. The van der Waals surface area contributed by atoms with Crippen molar-refractivity contribution < 1.29 is 43.6 Å². The largest absolute Gasteiger partial charge is 0.461 e. The van der Waals surface area contributed by atoms with E-state index in [1.165, 1.54) is 39.0 Å². The van der Waals surface area contributed by atoms with Crippen LogP contribution in [0.15, 0.2) is 23.3 Å². The zero-order valence-corrected chi connectivity index (χ0v) is 31.4. The maximum absolute atomic E-state index is 15.1. The Balaban J connectivity index is 1.65. The molecule has 2 fully saturated rings. The molecule has 4 rings (SSSR count). The second-order valence-electron chi connectivity index (χ2n) is 16.5. The van der Waals surface area contributed by atoms with Crippen LogP contribution in [0.4, 0.5) is 0 Å². The van der Waals surface area contributed by atoms with Gasteiger partial charge in [-0.15, -0.1) is 0 Å². The lowest BCUT2D eigenvalue weighted by Gasteiger charge is -2.49. The number of hydrogen-bond donors (Lipinski definition) is 2. The number of hydrogen-bond acceptors (Lipinski definition) is 9. The highest BCUT2D eigenvalue weighted by molar-refractivity contribution is 5.96. The topological polar surface area (TPSA) is 136 Å². The number of aliphatic hydroxyl groups excluding tert-OH is 1. The summed E-state index contributed by atoms with van der Waals surface area (Å²) in [6.45, 7) is 16.2. The molecule has 9 atom stereocenters. The van der Waals surface area contributed by atoms with Gasteiger partial charge in [0.1, 0.15) is 18.3 Å². The van der Waals surface area contributed by atoms with Crippen LogP contribution in [0.5, 0.6) is 0 Å². The van der Waals surface area contributed by atoms with E-state index >= 15 is 4.79 Å². The molecule has 2 bridgehead atoms. The van der Waals surface area contributed by atoms with Gasteiger partial charge in [0.15, 0.2) is 17.5 Å². The SMILES string of the molecule is CCCCCCCCCCCC(=O)O[C@@]12C[C@@H](C)[C@]34C=C(C)[C@H](OC(=O)C(C)C(C)C)[C@@]3(O)[C@H](O)C(COC(C)=O)=C[C@H](C4=O)[C@@H]1C2(C)C. The first kappa shape index (κ1) is 39.3. The van der Waals surface area contributed by atoms with Crippen LogP contribution in [0.2, 0.25) is 0 Å².